The number of para-hydroxylation sites is 1. The van der Waals surface area contributed by atoms with Gasteiger partial charge in [-0.25, -0.2) is 9.29 Å². The Balaban J connectivity index is 1.89. The summed E-state index contributed by atoms with van der Waals surface area (Å²) in [5, 5.41) is 3.62. The summed E-state index contributed by atoms with van der Waals surface area (Å²) in [5.41, 5.74) is 4.15. The van der Waals surface area contributed by atoms with E-state index in [0.717, 1.165) is 21.6 Å². The van der Waals surface area contributed by atoms with Crippen molar-refractivity contribution in [1.29, 1.82) is 0 Å². The lowest BCUT2D eigenvalue weighted by molar-refractivity contribution is -0.120. The molecule has 0 spiro atoms. The number of carbonyl (C=O) groups is 2. The fourth-order valence-electron chi connectivity index (χ4n) is 3.54. The third kappa shape index (κ3) is 3.62. The van der Waals surface area contributed by atoms with Gasteiger partial charge >= 0.3 is 0 Å². The number of hydrogen-bond donors (Lipinski definition) is 1. The number of benzene rings is 3. The van der Waals surface area contributed by atoms with Gasteiger partial charge in [-0.15, -0.1) is 0 Å². The summed E-state index contributed by atoms with van der Waals surface area (Å²) in [6, 6.07) is 16.5. The largest absolute Gasteiger partial charge is 0.350 e. The average molecular weight is 435 g/mol. The van der Waals surface area contributed by atoms with Gasteiger partial charge in [0.15, 0.2) is 0 Å². The zero-order valence-corrected chi connectivity index (χ0v) is 18.0. The molecule has 4 nitrogen and oxygen atoms in total. The Morgan fingerprint density at radius 3 is 2.32 bits per heavy atom. The monoisotopic (exact) mass is 434 g/mol. The summed E-state index contributed by atoms with van der Waals surface area (Å²) < 4.78 is 14.5. The van der Waals surface area contributed by atoms with E-state index < -0.39 is 17.6 Å². The summed E-state index contributed by atoms with van der Waals surface area (Å²) in [6.45, 7) is 5.72. The molecule has 0 unspecified atom stereocenters. The third-order valence-corrected chi connectivity index (χ3v) is 5.91. The third-order valence-electron chi connectivity index (χ3n) is 5.50. The maximum Gasteiger partial charge on any atom is 0.282 e. The van der Waals surface area contributed by atoms with Crippen LogP contribution in [0.2, 0.25) is 5.02 Å². The molecule has 0 atom stereocenters. The summed E-state index contributed by atoms with van der Waals surface area (Å²) in [4.78, 5) is 27.7. The lowest BCUT2D eigenvalue weighted by Gasteiger charge is -2.16. The van der Waals surface area contributed by atoms with Gasteiger partial charge in [0.05, 0.1) is 11.3 Å². The predicted molar refractivity (Wildman–Crippen MR) is 122 cm³/mol. The van der Waals surface area contributed by atoms with Crippen LogP contribution in [0.4, 0.5) is 15.8 Å². The summed E-state index contributed by atoms with van der Waals surface area (Å²) in [6.07, 6.45) is 0. The molecule has 0 aromatic heterocycles. The fourth-order valence-corrected chi connectivity index (χ4v) is 3.71. The summed E-state index contributed by atoms with van der Waals surface area (Å²) in [7, 11) is 0. The molecule has 0 bridgehead atoms. The van der Waals surface area contributed by atoms with Crippen molar-refractivity contribution >= 4 is 40.4 Å². The highest BCUT2D eigenvalue weighted by Gasteiger charge is 2.41. The number of halogens is 2. The molecule has 156 valence electrons. The van der Waals surface area contributed by atoms with Crippen LogP contribution >= 0.6 is 11.6 Å². The highest BCUT2D eigenvalue weighted by Crippen LogP contribution is 2.36. The lowest BCUT2D eigenvalue weighted by atomic mass is 9.99. The zero-order valence-electron chi connectivity index (χ0n) is 17.3. The van der Waals surface area contributed by atoms with Gasteiger partial charge < -0.3 is 5.32 Å². The van der Waals surface area contributed by atoms with Gasteiger partial charge in [0.25, 0.3) is 11.8 Å². The normalized spacial score (nSPS) is 13.9. The quantitative estimate of drug-likeness (QED) is 0.528. The highest BCUT2D eigenvalue weighted by atomic mass is 35.5. The smallest absolute Gasteiger partial charge is 0.282 e. The predicted octanol–water partition coefficient (Wildman–Crippen LogP) is 5.80. The molecule has 0 aliphatic carbocycles. The molecule has 4 rings (SSSR count). The first-order valence-electron chi connectivity index (χ1n) is 9.77. The number of rotatable bonds is 4. The maximum absolute atomic E-state index is 14.5. The molecule has 0 fully saturated rings. The van der Waals surface area contributed by atoms with Crippen LogP contribution in [0.1, 0.15) is 22.3 Å². The highest BCUT2D eigenvalue weighted by molar-refractivity contribution is 6.46. The van der Waals surface area contributed by atoms with Crippen LogP contribution in [0.5, 0.6) is 0 Å². The summed E-state index contributed by atoms with van der Waals surface area (Å²) >= 11 is 6.23. The van der Waals surface area contributed by atoms with Crippen molar-refractivity contribution in [2.24, 2.45) is 0 Å². The van der Waals surface area contributed by atoms with Crippen LogP contribution in [-0.2, 0) is 9.59 Å². The molecule has 1 heterocycles. The minimum Gasteiger partial charge on any atom is -0.350 e. The standard InChI is InChI=1S/C25H20ClFN2O2/c1-14-11-12-17(13-15(14)2)22-23(28-20-9-6-7-18(26)16(20)3)25(31)29(24(22)30)21-10-5-4-8-19(21)27/h4-13,28H,1-3H3. The Hall–Kier alpha value is -3.44. The van der Waals surface area contributed by atoms with Gasteiger partial charge in [-0.2, -0.15) is 0 Å². The Bertz CT molecular complexity index is 1270. The van der Waals surface area contributed by atoms with E-state index in [2.05, 4.69) is 5.32 Å². The van der Waals surface area contributed by atoms with Crippen molar-refractivity contribution in [1.82, 2.24) is 0 Å². The van der Waals surface area contributed by atoms with Gasteiger partial charge in [0.1, 0.15) is 11.5 Å². The van der Waals surface area contributed by atoms with Crippen LogP contribution in [-0.4, -0.2) is 11.8 Å². The topological polar surface area (TPSA) is 49.4 Å². The Kier molecular flexibility index (Phi) is 5.38. The van der Waals surface area contributed by atoms with E-state index in [1.54, 1.807) is 30.3 Å². The Morgan fingerprint density at radius 1 is 0.871 bits per heavy atom. The maximum atomic E-state index is 14.5. The zero-order chi connectivity index (χ0) is 22.3. The molecule has 0 radical (unpaired) electrons. The van der Waals surface area contributed by atoms with E-state index in [1.807, 2.05) is 32.9 Å². The molecule has 0 saturated carbocycles. The van der Waals surface area contributed by atoms with Crippen LogP contribution in [0.3, 0.4) is 0 Å². The van der Waals surface area contributed by atoms with Crippen molar-refractivity contribution in [3.8, 4) is 0 Å². The average Bonchev–Trinajstić information content (AvgIpc) is 2.98. The molecule has 0 saturated heterocycles. The number of amides is 2. The van der Waals surface area contributed by atoms with Crippen molar-refractivity contribution in [3.63, 3.8) is 0 Å². The minimum absolute atomic E-state index is 0.0848. The van der Waals surface area contributed by atoms with Crippen molar-refractivity contribution in [2.75, 3.05) is 10.2 Å². The second-order valence-electron chi connectivity index (χ2n) is 7.48. The molecule has 2 amide bonds. The molecular formula is C25H20ClFN2O2. The number of nitrogens with zero attached hydrogens (tertiary/aromatic N) is 1. The van der Waals surface area contributed by atoms with Crippen molar-refractivity contribution in [3.05, 3.63) is 99.5 Å². The molecule has 31 heavy (non-hydrogen) atoms. The van der Waals surface area contributed by atoms with Gasteiger partial charge in [0.2, 0.25) is 0 Å². The van der Waals surface area contributed by atoms with E-state index in [-0.39, 0.29) is 17.0 Å². The van der Waals surface area contributed by atoms with Gasteiger partial charge in [-0.05, 0) is 67.3 Å². The number of carbonyl (C=O) groups excluding carboxylic acids is 2. The first-order chi connectivity index (χ1) is 14.8. The van der Waals surface area contributed by atoms with Crippen LogP contribution in [0, 0.1) is 26.6 Å². The number of anilines is 2. The number of aryl methyl sites for hydroxylation is 2. The second-order valence-corrected chi connectivity index (χ2v) is 7.89. The van der Waals surface area contributed by atoms with Gasteiger partial charge in [-0.1, -0.05) is 48.0 Å². The molecule has 3 aromatic carbocycles. The van der Waals surface area contributed by atoms with E-state index in [9.17, 15) is 14.0 Å². The SMILES string of the molecule is Cc1ccc(C2=C(Nc3cccc(Cl)c3C)C(=O)N(c3ccccc3F)C2=O)cc1C. The fraction of sp³-hybridized carbons (Fsp3) is 0.120. The molecule has 1 N–H and O–H groups in total. The molecule has 6 heteroatoms. The second kappa shape index (κ2) is 8.00. The first kappa shape index (κ1) is 20.8. The van der Waals surface area contributed by atoms with E-state index >= 15 is 0 Å². The molecular weight excluding hydrogens is 415 g/mol. The molecule has 3 aromatic rings. The number of hydrogen-bond acceptors (Lipinski definition) is 3. The molecule has 1 aliphatic rings. The van der Waals surface area contributed by atoms with Crippen LogP contribution < -0.4 is 10.2 Å². The first-order valence-corrected chi connectivity index (χ1v) is 10.1. The minimum atomic E-state index is -0.649. The van der Waals surface area contributed by atoms with Gasteiger partial charge in [0, 0.05) is 10.7 Å². The Morgan fingerprint density at radius 2 is 1.61 bits per heavy atom. The van der Waals surface area contributed by atoms with Crippen molar-refractivity contribution in [2.45, 2.75) is 20.8 Å². The number of nitrogens with one attached hydrogen (secondary N) is 1. The number of imide groups is 1. The van der Waals surface area contributed by atoms with Crippen LogP contribution in [0.25, 0.3) is 5.57 Å². The molecule has 1 aliphatic heterocycles. The van der Waals surface area contributed by atoms with E-state index in [0.29, 0.717) is 16.3 Å². The van der Waals surface area contributed by atoms with Gasteiger partial charge in [-0.3, -0.25) is 9.59 Å². The van der Waals surface area contributed by atoms with E-state index in [1.165, 1.54) is 18.2 Å². The lowest BCUT2D eigenvalue weighted by Crippen LogP contribution is -2.33. The van der Waals surface area contributed by atoms with Crippen LogP contribution in [0.15, 0.2) is 66.4 Å². The van der Waals surface area contributed by atoms with E-state index in [4.69, 9.17) is 11.6 Å². The van der Waals surface area contributed by atoms with Crippen molar-refractivity contribution < 1.29 is 14.0 Å². The summed E-state index contributed by atoms with van der Waals surface area (Å²) in [5.74, 6) is -1.85. The Labute approximate surface area is 185 Å².